The Balaban J connectivity index is 1.90. The number of hydrogen-bond donors (Lipinski definition) is 1. The predicted octanol–water partition coefficient (Wildman–Crippen LogP) is 3.78. The number of benzene rings is 1. The second-order valence-corrected chi connectivity index (χ2v) is 6.87. The van der Waals surface area contributed by atoms with E-state index in [1.807, 2.05) is 38.1 Å². The van der Waals surface area contributed by atoms with E-state index in [-0.39, 0.29) is 24.0 Å². The van der Waals surface area contributed by atoms with Crippen molar-refractivity contribution in [2.45, 2.75) is 46.1 Å². The van der Waals surface area contributed by atoms with Crippen LogP contribution in [0.2, 0.25) is 0 Å². The summed E-state index contributed by atoms with van der Waals surface area (Å²) < 4.78 is 7.30. The standard InChI is InChI=1S/C18H25N3O2/c1-13(2)21-16(10-11-19-21)20-17(22)12-23-15-8-6-14(7-9-15)18(3,4)5/h6-11,13H,12H2,1-5H3,(H,20,22). The Kier molecular flexibility index (Phi) is 5.08. The van der Waals surface area contributed by atoms with Gasteiger partial charge in [0.25, 0.3) is 5.91 Å². The fraction of sp³-hybridized carbons (Fsp3) is 0.444. The molecule has 0 bridgehead atoms. The molecule has 0 atom stereocenters. The molecule has 0 saturated carbocycles. The third-order valence-corrected chi connectivity index (χ3v) is 3.52. The zero-order chi connectivity index (χ0) is 17.0. The summed E-state index contributed by atoms with van der Waals surface area (Å²) in [6.45, 7) is 10.5. The highest BCUT2D eigenvalue weighted by molar-refractivity contribution is 5.91. The summed E-state index contributed by atoms with van der Waals surface area (Å²) in [5.74, 6) is 1.16. The molecule has 0 aliphatic carbocycles. The Labute approximate surface area is 137 Å². The van der Waals surface area contributed by atoms with Gasteiger partial charge in [-0.15, -0.1) is 0 Å². The molecule has 5 nitrogen and oxygen atoms in total. The van der Waals surface area contributed by atoms with Crippen molar-refractivity contribution >= 4 is 11.7 Å². The molecule has 5 heteroatoms. The van der Waals surface area contributed by atoms with E-state index in [1.165, 1.54) is 5.56 Å². The van der Waals surface area contributed by atoms with Gasteiger partial charge in [-0.05, 0) is 37.0 Å². The Morgan fingerprint density at radius 2 is 1.87 bits per heavy atom. The van der Waals surface area contributed by atoms with Gasteiger partial charge in [0.05, 0.1) is 6.20 Å². The van der Waals surface area contributed by atoms with Gasteiger partial charge in [-0.1, -0.05) is 32.9 Å². The van der Waals surface area contributed by atoms with E-state index < -0.39 is 0 Å². The first kappa shape index (κ1) is 17.1. The maximum Gasteiger partial charge on any atom is 0.263 e. The summed E-state index contributed by atoms with van der Waals surface area (Å²) in [7, 11) is 0. The lowest BCUT2D eigenvalue weighted by molar-refractivity contribution is -0.118. The van der Waals surface area contributed by atoms with Gasteiger partial charge in [-0.3, -0.25) is 4.79 Å². The molecule has 2 aromatic rings. The quantitative estimate of drug-likeness (QED) is 0.913. The first-order chi connectivity index (χ1) is 10.8. The molecule has 1 aromatic carbocycles. The van der Waals surface area contributed by atoms with Crippen LogP contribution in [0.4, 0.5) is 5.82 Å². The van der Waals surface area contributed by atoms with Gasteiger partial charge < -0.3 is 10.1 Å². The van der Waals surface area contributed by atoms with Crippen LogP contribution in [0.3, 0.4) is 0 Å². The Bertz CT molecular complexity index is 652. The first-order valence-corrected chi connectivity index (χ1v) is 7.84. The summed E-state index contributed by atoms with van der Waals surface area (Å²) in [6, 6.07) is 9.81. The Morgan fingerprint density at radius 1 is 1.22 bits per heavy atom. The molecular formula is C18H25N3O2. The van der Waals surface area contributed by atoms with E-state index in [0.717, 1.165) is 0 Å². The molecule has 1 aromatic heterocycles. The summed E-state index contributed by atoms with van der Waals surface area (Å²) in [4.78, 5) is 12.0. The summed E-state index contributed by atoms with van der Waals surface area (Å²) >= 11 is 0. The van der Waals surface area contributed by atoms with E-state index in [2.05, 4.69) is 31.2 Å². The fourth-order valence-electron chi connectivity index (χ4n) is 2.20. The monoisotopic (exact) mass is 315 g/mol. The first-order valence-electron chi connectivity index (χ1n) is 7.84. The second-order valence-electron chi connectivity index (χ2n) is 6.87. The summed E-state index contributed by atoms with van der Waals surface area (Å²) in [5, 5.41) is 7.00. The van der Waals surface area contributed by atoms with Gasteiger partial charge in [0.15, 0.2) is 6.61 Å². The molecule has 1 heterocycles. The van der Waals surface area contributed by atoms with E-state index in [1.54, 1.807) is 16.9 Å². The molecule has 0 unspecified atom stereocenters. The lowest BCUT2D eigenvalue weighted by Crippen LogP contribution is -2.22. The number of carbonyl (C=O) groups excluding carboxylic acids is 1. The highest BCUT2D eigenvalue weighted by atomic mass is 16.5. The highest BCUT2D eigenvalue weighted by Crippen LogP contribution is 2.24. The summed E-state index contributed by atoms with van der Waals surface area (Å²) in [6.07, 6.45) is 1.67. The number of aromatic nitrogens is 2. The number of ether oxygens (including phenoxy) is 1. The van der Waals surface area contributed by atoms with Crippen molar-refractivity contribution in [3.63, 3.8) is 0 Å². The molecule has 23 heavy (non-hydrogen) atoms. The van der Waals surface area contributed by atoms with Crippen LogP contribution in [0.5, 0.6) is 5.75 Å². The van der Waals surface area contributed by atoms with Crippen LogP contribution in [0.15, 0.2) is 36.5 Å². The van der Waals surface area contributed by atoms with E-state index in [9.17, 15) is 4.79 Å². The van der Waals surface area contributed by atoms with Crippen LogP contribution in [0.25, 0.3) is 0 Å². The minimum Gasteiger partial charge on any atom is -0.484 e. The fourth-order valence-corrected chi connectivity index (χ4v) is 2.20. The van der Waals surface area contributed by atoms with Crippen molar-refractivity contribution < 1.29 is 9.53 Å². The maximum atomic E-state index is 12.0. The lowest BCUT2D eigenvalue weighted by atomic mass is 9.87. The van der Waals surface area contributed by atoms with E-state index >= 15 is 0 Å². The molecule has 0 aliphatic heterocycles. The van der Waals surface area contributed by atoms with Crippen molar-refractivity contribution in [2.75, 3.05) is 11.9 Å². The molecule has 0 saturated heterocycles. The number of nitrogens with one attached hydrogen (secondary N) is 1. The zero-order valence-electron chi connectivity index (χ0n) is 14.5. The normalized spacial score (nSPS) is 11.6. The van der Waals surface area contributed by atoms with Gasteiger partial charge in [0.2, 0.25) is 0 Å². The van der Waals surface area contributed by atoms with Crippen LogP contribution in [0, 0.1) is 0 Å². The van der Waals surface area contributed by atoms with Gasteiger partial charge in [-0.2, -0.15) is 5.10 Å². The lowest BCUT2D eigenvalue weighted by Gasteiger charge is -2.19. The topological polar surface area (TPSA) is 56.2 Å². The average molecular weight is 315 g/mol. The van der Waals surface area contributed by atoms with Gasteiger partial charge in [0.1, 0.15) is 11.6 Å². The molecule has 0 fully saturated rings. The molecule has 0 radical (unpaired) electrons. The Hall–Kier alpha value is -2.30. The molecule has 1 amide bonds. The van der Waals surface area contributed by atoms with Crippen LogP contribution in [-0.2, 0) is 10.2 Å². The van der Waals surface area contributed by atoms with Gasteiger partial charge in [-0.25, -0.2) is 4.68 Å². The number of anilines is 1. The molecule has 124 valence electrons. The smallest absolute Gasteiger partial charge is 0.263 e. The number of rotatable bonds is 5. The van der Waals surface area contributed by atoms with Crippen molar-refractivity contribution in [1.82, 2.24) is 9.78 Å². The number of amides is 1. The highest BCUT2D eigenvalue weighted by Gasteiger charge is 2.13. The SMILES string of the molecule is CC(C)n1nccc1NC(=O)COc1ccc(C(C)(C)C)cc1. The van der Waals surface area contributed by atoms with Crippen molar-refractivity contribution in [3.8, 4) is 5.75 Å². The van der Waals surface area contributed by atoms with Crippen LogP contribution >= 0.6 is 0 Å². The number of nitrogens with zero attached hydrogens (tertiary/aromatic N) is 2. The van der Waals surface area contributed by atoms with Crippen LogP contribution in [0.1, 0.15) is 46.2 Å². The van der Waals surface area contributed by atoms with E-state index in [4.69, 9.17) is 4.74 Å². The van der Waals surface area contributed by atoms with Crippen molar-refractivity contribution in [3.05, 3.63) is 42.1 Å². The number of hydrogen-bond acceptors (Lipinski definition) is 3. The average Bonchev–Trinajstić information content (AvgIpc) is 2.93. The van der Waals surface area contributed by atoms with Crippen LogP contribution in [-0.4, -0.2) is 22.3 Å². The molecule has 2 rings (SSSR count). The molecule has 0 spiro atoms. The molecule has 1 N–H and O–H groups in total. The van der Waals surface area contributed by atoms with E-state index in [0.29, 0.717) is 11.6 Å². The Morgan fingerprint density at radius 3 is 2.43 bits per heavy atom. The summed E-state index contributed by atoms with van der Waals surface area (Å²) in [5.41, 5.74) is 1.33. The minimum absolute atomic E-state index is 0.0296. The van der Waals surface area contributed by atoms with Gasteiger partial charge in [0, 0.05) is 12.1 Å². The second kappa shape index (κ2) is 6.86. The molecular weight excluding hydrogens is 290 g/mol. The number of carbonyl (C=O) groups is 1. The minimum atomic E-state index is -0.202. The van der Waals surface area contributed by atoms with Crippen molar-refractivity contribution in [1.29, 1.82) is 0 Å². The predicted molar refractivity (Wildman–Crippen MR) is 91.9 cm³/mol. The van der Waals surface area contributed by atoms with Gasteiger partial charge >= 0.3 is 0 Å². The largest absolute Gasteiger partial charge is 0.484 e. The van der Waals surface area contributed by atoms with Crippen LogP contribution < -0.4 is 10.1 Å². The zero-order valence-corrected chi connectivity index (χ0v) is 14.5. The van der Waals surface area contributed by atoms with Crippen molar-refractivity contribution in [2.24, 2.45) is 0 Å². The maximum absolute atomic E-state index is 12.0. The third kappa shape index (κ3) is 4.58. The molecule has 0 aliphatic rings. The third-order valence-electron chi connectivity index (χ3n) is 3.52.